The number of aryl methyl sites for hydroxylation is 1. The molecule has 0 fully saturated rings. The number of hydrogen-bond donors (Lipinski definition) is 0. The van der Waals surface area contributed by atoms with E-state index in [-0.39, 0.29) is 17.5 Å². The van der Waals surface area contributed by atoms with Crippen LogP contribution in [0.4, 0.5) is 0 Å². The molecule has 1 amide bonds. The molecule has 0 N–H and O–H groups in total. The molecular formula is C18H21N5O2S. The number of fused-ring (bicyclic) bond motifs is 2. The third-order valence-corrected chi connectivity index (χ3v) is 5.85. The predicted octanol–water partition coefficient (Wildman–Crippen LogP) is 2.00. The van der Waals surface area contributed by atoms with Gasteiger partial charge in [0.05, 0.1) is 11.7 Å². The van der Waals surface area contributed by atoms with E-state index >= 15 is 0 Å². The summed E-state index contributed by atoms with van der Waals surface area (Å²) in [5, 5.41) is 0.685. The van der Waals surface area contributed by atoms with Crippen molar-refractivity contribution in [3.05, 3.63) is 45.8 Å². The van der Waals surface area contributed by atoms with Crippen molar-refractivity contribution in [2.75, 3.05) is 13.1 Å². The molecule has 0 unspecified atom stereocenters. The van der Waals surface area contributed by atoms with Crippen molar-refractivity contribution in [3.63, 3.8) is 0 Å². The number of thiophene rings is 1. The molecule has 0 radical (unpaired) electrons. The van der Waals surface area contributed by atoms with Gasteiger partial charge < -0.3 is 9.47 Å². The highest BCUT2D eigenvalue weighted by molar-refractivity contribution is 7.18. The minimum absolute atomic E-state index is 0.00966. The average Bonchev–Trinajstić information content (AvgIpc) is 3.21. The van der Waals surface area contributed by atoms with Crippen LogP contribution in [0.25, 0.3) is 10.2 Å². The summed E-state index contributed by atoms with van der Waals surface area (Å²) in [6, 6.07) is 1.97. The first-order chi connectivity index (χ1) is 12.5. The first kappa shape index (κ1) is 17.0. The van der Waals surface area contributed by atoms with Crippen LogP contribution in [-0.4, -0.2) is 43.0 Å². The van der Waals surface area contributed by atoms with Crippen molar-refractivity contribution < 1.29 is 4.79 Å². The summed E-state index contributed by atoms with van der Waals surface area (Å²) < 4.78 is 3.67. The summed E-state index contributed by atoms with van der Waals surface area (Å²) in [5.41, 5.74) is 0.00966. The third kappa shape index (κ3) is 3.05. The average molecular weight is 371 g/mol. The largest absolute Gasteiger partial charge is 0.340 e. The van der Waals surface area contributed by atoms with Crippen LogP contribution in [0.1, 0.15) is 30.1 Å². The first-order valence-electron chi connectivity index (χ1n) is 8.78. The predicted molar refractivity (Wildman–Crippen MR) is 100 cm³/mol. The van der Waals surface area contributed by atoms with Crippen LogP contribution in [0.2, 0.25) is 0 Å². The van der Waals surface area contributed by atoms with Gasteiger partial charge >= 0.3 is 0 Å². The second kappa shape index (κ2) is 6.68. The number of carbonyl (C=O) groups is 1. The van der Waals surface area contributed by atoms with Gasteiger partial charge in [-0.2, -0.15) is 0 Å². The highest BCUT2D eigenvalue weighted by Crippen LogP contribution is 2.21. The molecule has 1 atom stereocenters. The van der Waals surface area contributed by atoms with E-state index < -0.39 is 0 Å². The zero-order valence-corrected chi connectivity index (χ0v) is 15.7. The zero-order chi connectivity index (χ0) is 18.3. The maximum Gasteiger partial charge on any atom is 0.262 e. The fourth-order valence-corrected chi connectivity index (χ4v) is 4.32. The van der Waals surface area contributed by atoms with E-state index in [2.05, 4.69) is 9.97 Å². The van der Waals surface area contributed by atoms with Gasteiger partial charge in [-0.3, -0.25) is 14.2 Å². The molecule has 4 rings (SSSR count). The summed E-state index contributed by atoms with van der Waals surface area (Å²) in [4.78, 5) is 37.9. The lowest BCUT2D eigenvalue weighted by Gasteiger charge is -2.22. The van der Waals surface area contributed by atoms with Gasteiger partial charge in [0.15, 0.2) is 0 Å². The lowest BCUT2D eigenvalue weighted by molar-refractivity contribution is -0.131. The Balaban J connectivity index is 1.52. The Kier molecular flexibility index (Phi) is 4.36. The normalized spacial score (nSPS) is 15.7. The smallest absolute Gasteiger partial charge is 0.262 e. The second-order valence-corrected chi connectivity index (χ2v) is 7.99. The van der Waals surface area contributed by atoms with E-state index in [1.54, 1.807) is 28.4 Å². The van der Waals surface area contributed by atoms with Crippen molar-refractivity contribution in [2.24, 2.45) is 0 Å². The molecule has 3 aromatic heterocycles. The quantitative estimate of drug-likeness (QED) is 0.706. The molecule has 7 nitrogen and oxygen atoms in total. The number of carbonyl (C=O) groups excluding carboxylic acids is 1. The lowest BCUT2D eigenvalue weighted by atomic mass is 10.2. The van der Waals surface area contributed by atoms with E-state index in [4.69, 9.17) is 0 Å². The molecule has 0 aromatic carbocycles. The van der Waals surface area contributed by atoms with Gasteiger partial charge in [0, 0.05) is 55.8 Å². The summed E-state index contributed by atoms with van der Waals surface area (Å²) >= 11 is 1.55. The summed E-state index contributed by atoms with van der Waals surface area (Å²) in [6.45, 7) is 5.63. The highest BCUT2D eigenvalue weighted by atomic mass is 32.1. The van der Waals surface area contributed by atoms with Crippen LogP contribution >= 0.6 is 11.3 Å². The molecule has 3 aromatic rings. The van der Waals surface area contributed by atoms with Gasteiger partial charge in [0.25, 0.3) is 5.56 Å². The van der Waals surface area contributed by atoms with Gasteiger partial charge in [-0.1, -0.05) is 0 Å². The number of nitrogens with zero attached hydrogens (tertiary/aromatic N) is 5. The molecule has 1 aliphatic rings. The summed E-state index contributed by atoms with van der Waals surface area (Å²) in [6.07, 6.45) is 6.34. The van der Waals surface area contributed by atoms with Crippen LogP contribution in [0.3, 0.4) is 0 Å². The highest BCUT2D eigenvalue weighted by Gasteiger charge is 2.23. The number of rotatable bonds is 3. The van der Waals surface area contributed by atoms with Crippen molar-refractivity contribution in [3.8, 4) is 0 Å². The fourth-order valence-electron chi connectivity index (χ4n) is 3.43. The van der Waals surface area contributed by atoms with E-state index in [0.717, 1.165) is 15.5 Å². The summed E-state index contributed by atoms with van der Waals surface area (Å²) in [5.74, 6) is 0.881. The van der Waals surface area contributed by atoms with Crippen molar-refractivity contribution in [1.29, 1.82) is 0 Å². The molecule has 8 heteroatoms. The van der Waals surface area contributed by atoms with E-state index in [1.165, 1.54) is 0 Å². The molecule has 0 saturated carbocycles. The Bertz CT molecular complexity index is 1000. The number of amides is 1. The first-order valence-corrected chi connectivity index (χ1v) is 9.59. The molecule has 136 valence electrons. The molecule has 1 aliphatic heterocycles. The lowest BCUT2D eigenvalue weighted by Crippen LogP contribution is -2.35. The van der Waals surface area contributed by atoms with Crippen molar-refractivity contribution in [1.82, 2.24) is 24.0 Å². The van der Waals surface area contributed by atoms with E-state index in [1.807, 2.05) is 35.6 Å². The maximum absolute atomic E-state index is 12.8. The Morgan fingerprint density at radius 1 is 1.35 bits per heavy atom. The molecule has 4 heterocycles. The monoisotopic (exact) mass is 371 g/mol. The SMILES string of the molecule is Cc1cc2c(=O)n3c(nc2s1)CCN(C(=O)C[C@H](C)n1ccnc1)CC3. The zero-order valence-electron chi connectivity index (χ0n) is 14.9. The van der Waals surface area contributed by atoms with Crippen LogP contribution in [0, 0.1) is 6.92 Å². The minimum atomic E-state index is 0.00966. The van der Waals surface area contributed by atoms with Crippen LogP contribution in [0.5, 0.6) is 0 Å². The third-order valence-electron chi connectivity index (χ3n) is 4.91. The summed E-state index contributed by atoms with van der Waals surface area (Å²) in [7, 11) is 0. The van der Waals surface area contributed by atoms with Crippen LogP contribution in [0.15, 0.2) is 29.6 Å². The van der Waals surface area contributed by atoms with Crippen LogP contribution in [-0.2, 0) is 17.8 Å². The van der Waals surface area contributed by atoms with Gasteiger partial charge in [-0.15, -0.1) is 11.3 Å². The van der Waals surface area contributed by atoms with Gasteiger partial charge in [0.1, 0.15) is 10.7 Å². The van der Waals surface area contributed by atoms with Gasteiger partial charge in [0.2, 0.25) is 5.91 Å². The van der Waals surface area contributed by atoms with Crippen molar-refractivity contribution in [2.45, 2.75) is 39.3 Å². The molecule has 0 saturated heterocycles. The van der Waals surface area contributed by atoms with Crippen LogP contribution < -0.4 is 5.56 Å². The Morgan fingerprint density at radius 2 is 2.19 bits per heavy atom. The Hall–Kier alpha value is -2.48. The molecule has 0 spiro atoms. The van der Waals surface area contributed by atoms with Gasteiger partial charge in [-0.25, -0.2) is 9.97 Å². The fraction of sp³-hybridized carbons (Fsp3) is 0.444. The Labute approximate surface area is 154 Å². The molecule has 26 heavy (non-hydrogen) atoms. The standard InChI is InChI=1S/C18H21N5O2S/c1-12(22-6-4-19-11-22)9-16(24)21-5-3-15-20-17-14(10-13(2)26-17)18(25)23(15)8-7-21/h4,6,10-12H,3,5,7-9H2,1-2H3/t12-/m0/s1. The van der Waals surface area contributed by atoms with E-state index in [9.17, 15) is 9.59 Å². The van der Waals surface area contributed by atoms with E-state index in [0.29, 0.717) is 37.9 Å². The minimum Gasteiger partial charge on any atom is -0.340 e. The topological polar surface area (TPSA) is 73.0 Å². The van der Waals surface area contributed by atoms with Gasteiger partial charge in [-0.05, 0) is 19.9 Å². The van der Waals surface area contributed by atoms with Crippen molar-refractivity contribution >= 4 is 27.5 Å². The Morgan fingerprint density at radius 3 is 2.96 bits per heavy atom. The molecule has 0 bridgehead atoms. The maximum atomic E-state index is 12.8. The number of imidazole rings is 1. The second-order valence-electron chi connectivity index (χ2n) is 6.75. The molecule has 0 aliphatic carbocycles. The number of aromatic nitrogens is 4. The number of hydrogen-bond acceptors (Lipinski definition) is 5. The molecular weight excluding hydrogens is 350 g/mol.